The Morgan fingerprint density at radius 1 is 1.25 bits per heavy atom. The summed E-state index contributed by atoms with van der Waals surface area (Å²) in [5.41, 5.74) is 1.31. The van der Waals surface area contributed by atoms with Gasteiger partial charge in [-0.3, -0.25) is 4.79 Å². The maximum atomic E-state index is 12.9. The van der Waals surface area contributed by atoms with E-state index in [2.05, 4.69) is 33.1 Å². The number of nitrogens with one attached hydrogen (secondary N) is 1. The second kappa shape index (κ2) is 4.50. The number of piperazine rings is 1. The van der Waals surface area contributed by atoms with E-state index in [-0.39, 0.29) is 11.4 Å². The Kier molecular flexibility index (Phi) is 2.60. The summed E-state index contributed by atoms with van der Waals surface area (Å²) in [6.45, 7) is 2.36. The lowest BCUT2D eigenvalue weighted by molar-refractivity contribution is -0.138. The smallest absolute Gasteiger partial charge is 0.243 e. The predicted molar refractivity (Wildman–Crippen MR) is 89.3 cm³/mol. The molecule has 1 saturated heterocycles. The molecule has 1 spiro atoms. The van der Waals surface area contributed by atoms with E-state index >= 15 is 0 Å². The molecule has 122 valence electrons. The molecule has 2 aromatic heterocycles. The number of hydrogen-bond acceptors (Lipinski definition) is 4. The zero-order chi connectivity index (χ0) is 16.4. The van der Waals surface area contributed by atoms with E-state index in [1.807, 2.05) is 17.3 Å². The Morgan fingerprint density at radius 2 is 2.08 bits per heavy atom. The molecule has 3 aliphatic rings. The van der Waals surface area contributed by atoms with E-state index in [4.69, 9.17) is 0 Å². The molecule has 24 heavy (non-hydrogen) atoms. The third-order valence-corrected chi connectivity index (χ3v) is 5.87. The Bertz CT molecular complexity index is 871. The van der Waals surface area contributed by atoms with Crippen LogP contribution in [0.5, 0.6) is 0 Å². The van der Waals surface area contributed by atoms with Crippen molar-refractivity contribution in [3.63, 3.8) is 0 Å². The molecule has 1 N–H and O–H groups in total. The molecule has 0 aromatic carbocycles. The van der Waals surface area contributed by atoms with Gasteiger partial charge in [0.15, 0.2) is 0 Å². The van der Waals surface area contributed by atoms with Gasteiger partial charge in [0.1, 0.15) is 11.1 Å². The molecule has 1 amide bonds. The zero-order valence-electron chi connectivity index (χ0n) is 13.5. The predicted octanol–water partition coefficient (Wildman–Crippen LogP) is 2.05. The van der Waals surface area contributed by atoms with Crippen LogP contribution in [0.4, 0.5) is 5.69 Å². The number of nitriles is 1. The number of aromatic nitrogens is 2. The minimum absolute atomic E-state index is 0.0618. The van der Waals surface area contributed by atoms with Crippen molar-refractivity contribution in [3.05, 3.63) is 24.5 Å². The van der Waals surface area contributed by atoms with Crippen LogP contribution in [-0.4, -0.2) is 45.9 Å². The van der Waals surface area contributed by atoms with E-state index in [0.29, 0.717) is 6.54 Å². The summed E-state index contributed by atoms with van der Waals surface area (Å²) in [6, 6.07) is 6.38. The highest BCUT2D eigenvalue weighted by atomic mass is 16.2. The number of carbonyl (C=O) groups is 1. The average Bonchev–Trinajstić information content (AvgIpc) is 3.52. The van der Waals surface area contributed by atoms with Crippen LogP contribution in [0.1, 0.15) is 25.7 Å². The van der Waals surface area contributed by atoms with Gasteiger partial charge < -0.3 is 14.8 Å². The van der Waals surface area contributed by atoms with Crippen LogP contribution < -0.4 is 4.90 Å². The fraction of sp³-hybridized carbons (Fsp3) is 0.500. The van der Waals surface area contributed by atoms with Crippen molar-refractivity contribution in [2.75, 3.05) is 24.5 Å². The van der Waals surface area contributed by atoms with Gasteiger partial charge in [0, 0.05) is 43.1 Å². The van der Waals surface area contributed by atoms with Crippen molar-refractivity contribution < 1.29 is 4.79 Å². The van der Waals surface area contributed by atoms with E-state index in [9.17, 15) is 10.1 Å². The highest BCUT2D eigenvalue weighted by Crippen LogP contribution is 2.52. The van der Waals surface area contributed by atoms with Crippen molar-refractivity contribution in [1.82, 2.24) is 14.9 Å². The van der Waals surface area contributed by atoms with Crippen molar-refractivity contribution in [1.29, 1.82) is 5.26 Å². The van der Waals surface area contributed by atoms with Gasteiger partial charge in [-0.2, -0.15) is 5.26 Å². The molecule has 5 rings (SSSR count). The van der Waals surface area contributed by atoms with Gasteiger partial charge in [0.2, 0.25) is 5.91 Å². The largest absolute Gasteiger partial charge is 0.367 e. The molecule has 2 aliphatic carbocycles. The van der Waals surface area contributed by atoms with E-state index in [1.165, 1.54) is 5.69 Å². The molecule has 0 bridgehead atoms. The van der Waals surface area contributed by atoms with Crippen LogP contribution in [0.15, 0.2) is 24.5 Å². The number of amides is 1. The summed E-state index contributed by atoms with van der Waals surface area (Å²) in [6.07, 6.45) is 7.29. The van der Waals surface area contributed by atoms with Crippen LogP contribution in [-0.2, 0) is 4.79 Å². The first-order valence-corrected chi connectivity index (χ1v) is 8.58. The van der Waals surface area contributed by atoms with Gasteiger partial charge in [-0.15, -0.1) is 0 Å². The van der Waals surface area contributed by atoms with Gasteiger partial charge in [-0.25, -0.2) is 4.98 Å². The van der Waals surface area contributed by atoms with Crippen LogP contribution >= 0.6 is 0 Å². The Labute approximate surface area is 140 Å². The van der Waals surface area contributed by atoms with Gasteiger partial charge in [-0.1, -0.05) is 0 Å². The fourth-order valence-corrected chi connectivity index (χ4v) is 4.05. The zero-order valence-corrected chi connectivity index (χ0v) is 13.5. The number of hydrogen-bond donors (Lipinski definition) is 1. The summed E-state index contributed by atoms with van der Waals surface area (Å²) >= 11 is 0. The van der Waals surface area contributed by atoms with Gasteiger partial charge in [0.25, 0.3) is 0 Å². The molecule has 3 heterocycles. The first-order chi connectivity index (χ1) is 11.7. The molecule has 6 nitrogen and oxygen atoms in total. The standard InChI is InChI=1S/C18H19N5O/c19-11-17(3-4-17)16(24)23-10-9-22(12-18(23)5-6-18)14-2-8-21-15-13(14)1-7-20-15/h1-2,7-8H,3-6,9-10,12H2,(H,20,21). The summed E-state index contributed by atoms with van der Waals surface area (Å²) in [7, 11) is 0. The monoisotopic (exact) mass is 321 g/mol. The number of rotatable bonds is 2. The lowest BCUT2D eigenvalue weighted by atomic mass is 10.0. The van der Waals surface area contributed by atoms with Crippen LogP contribution in [0.3, 0.4) is 0 Å². The molecule has 0 radical (unpaired) electrons. The van der Waals surface area contributed by atoms with E-state index < -0.39 is 5.41 Å². The number of carbonyl (C=O) groups excluding carboxylic acids is 1. The lowest BCUT2D eigenvalue weighted by Gasteiger charge is -2.44. The molecule has 0 unspecified atom stereocenters. The van der Waals surface area contributed by atoms with Crippen LogP contribution in [0.2, 0.25) is 0 Å². The topological polar surface area (TPSA) is 76.0 Å². The first kappa shape index (κ1) is 13.8. The van der Waals surface area contributed by atoms with Crippen LogP contribution in [0, 0.1) is 16.7 Å². The Hall–Kier alpha value is -2.55. The maximum Gasteiger partial charge on any atom is 0.243 e. The Balaban J connectivity index is 1.44. The van der Waals surface area contributed by atoms with Crippen molar-refractivity contribution >= 4 is 22.6 Å². The number of anilines is 1. The number of fused-ring (bicyclic) bond motifs is 1. The minimum Gasteiger partial charge on any atom is -0.367 e. The van der Waals surface area contributed by atoms with E-state index in [0.717, 1.165) is 49.8 Å². The summed E-state index contributed by atoms with van der Waals surface area (Å²) in [4.78, 5) is 24.8. The van der Waals surface area contributed by atoms with Crippen molar-refractivity contribution in [2.45, 2.75) is 31.2 Å². The fourth-order valence-electron chi connectivity index (χ4n) is 4.05. The van der Waals surface area contributed by atoms with Gasteiger partial charge in [0.05, 0.1) is 11.6 Å². The SMILES string of the molecule is N#CC1(C(=O)N2CCN(c3ccnc4[nH]ccc34)CC23CC3)CC1. The van der Waals surface area contributed by atoms with Gasteiger partial charge >= 0.3 is 0 Å². The summed E-state index contributed by atoms with van der Waals surface area (Å²) in [5.74, 6) is 0.0728. The van der Waals surface area contributed by atoms with Crippen molar-refractivity contribution in [2.24, 2.45) is 5.41 Å². The highest BCUT2D eigenvalue weighted by Gasteiger charge is 2.60. The second-order valence-electron chi connectivity index (χ2n) is 7.37. The Morgan fingerprint density at radius 3 is 2.79 bits per heavy atom. The minimum atomic E-state index is -0.706. The van der Waals surface area contributed by atoms with Gasteiger partial charge in [-0.05, 0) is 37.8 Å². The molecule has 3 fully saturated rings. The average molecular weight is 321 g/mol. The van der Waals surface area contributed by atoms with Crippen LogP contribution in [0.25, 0.3) is 11.0 Å². The number of nitrogens with zero attached hydrogens (tertiary/aromatic N) is 4. The molecule has 1 aliphatic heterocycles. The molecule has 6 heteroatoms. The first-order valence-electron chi connectivity index (χ1n) is 8.58. The molecule has 2 aromatic rings. The van der Waals surface area contributed by atoms with E-state index in [1.54, 1.807) is 0 Å². The maximum absolute atomic E-state index is 12.9. The molecule has 2 saturated carbocycles. The quantitative estimate of drug-likeness (QED) is 0.918. The summed E-state index contributed by atoms with van der Waals surface area (Å²) < 4.78 is 0. The molecular formula is C18H19N5O. The second-order valence-corrected chi connectivity index (χ2v) is 7.37. The number of aromatic amines is 1. The number of pyridine rings is 1. The lowest BCUT2D eigenvalue weighted by Crippen LogP contribution is -2.58. The van der Waals surface area contributed by atoms with Crippen molar-refractivity contribution in [3.8, 4) is 6.07 Å². The normalized spacial score (nSPS) is 23.3. The highest BCUT2D eigenvalue weighted by molar-refractivity contribution is 5.91. The summed E-state index contributed by atoms with van der Waals surface area (Å²) in [5, 5.41) is 10.5. The third kappa shape index (κ3) is 1.81. The molecular weight excluding hydrogens is 302 g/mol. The molecule has 0 atom stereocenters. The number of H-pyrrole nitrogens is 1. The third-order valence-electron chi connectivity index (χ3n) is 5.87.